The molecule has 0 fully saturated rings. The number of aromatic nitrogens is 1. The number of nitrogens with zero attached hydrogens (tertiary/aromatic N) is 2. The lowest BCUT2D eigenvalue weighted by atomic mass is 9.12. The normalized spacial score (nSPS) is 13.1. The van der Waals surface area contributed by atoms with Gasteiger partial charge < -0.3 is 4.74 Å². The molecular formula is C55H29BF24N2O. The Balaban J connectivity index is 0.000000313. The molecule has 0 unspecified atom stereocenters. The molecule has 3 nitrogen and oxygen atoms in total. The van der Waals surface area contributed by atoms with E-state index in [1.54, 1.807) is 12.1 Å². The molecule has 7 aromatic carbocycles. The lowest BCUT2D eigenvalue weighted by molar-refractivity contribution is -0.666. The van der Waals surface area contributed by atoms with Gasteiger partial charge in [0.05, 0.1) is 62.2 Å². The van der Waals surface area contributed by atoms with Crippen molar-refractivity contribution in [2.45, 2.75) is 56.0 Å². The first kappa shape index (κ1) is 62.2. The molecule has 28 heteroatoms. The van der Waals surface area contributed by atoms with Gasteiger partial charge in [-0.05, 0) is 60.7 Å². The third-order valence-corrected chi connectivity index (χ3v) is 12.7. The molecule has 0 bridgehead atoms. The second-order valence-corrected chi connectivity index (χ2v) is 18.3. The Labute approximate surface area is 451 Å². The summed E-state index contributed by atoms with van der Waals surface area (Å²) in [6, 6.07) is 23.1. The van der Waals surface area contributed by atoms with Crippen molar-refractivity contribution in [2.75, 3.05) is 0 Å². The predicted molar refractivity (Wildman–Crippen MR) is 251 cm³/mol. The number of alkyl halides is 24. The number of hydrogen-bond donors (Lipinski definition) is 0. The number of rotatable bonds is 8. The fourth-order valence-corrected chi connectivity index (χ4v) is 9.05. The summed E-state index contributed by atoms with van der Waals surface area (Å²) < 4.78 is 349. The highest BCUT2D eigenvalue weighted by molar-refractivity contribution is 7.20. The number of hydrogen-bond acceptors (Lipinski definition) is 2. The summed E-state index contributed by atoms with van der Waals surface area (Å²) in [6.45, 7) is 0.716. The molecule has 0 aliphatic carbocycles. The van der Waals surface area contributed by atoms with Gasteiger partial charge in [0, 0.05) is 17.0 Å². The Morgan fingerprint density at radius 3 is 0.952 bits per heavy atom. The van der Waals surface area contributed by atoms with Crippen LogP contribution in [-0.4, -0.2) is 6.15 Å². The van der Waals surface area contributed by atoms with Crippen LogP contribution >= 0.6 is 0 Å². The summed E-state index contributed by atoms with van der Waals surface area (Å²) in [7, 11) is 0. The molecule has 0 N–H and O–H groups in total. The first-order valence-corrected chi connectivity index (χ1v) is 23.1. The molecule has 0 aliphatic rings. The fraction of sp³-hybridized carbons (Fsp3) is 0.164. The maximum Gasteiger partial charge on any atom is 0.416 e. The molecule has 0 amide bonds. The van der Waals surface area contributed by atoms with E-state index in [1.807, 2.05) is 48.5 Å². The van der Waals surface area contributed by atoms with Crippen molar-refractivity contribution >= 4 is 38.9 Å². The Hall–Kier alpha value is -8.38. The van der Waals surface area contributed by atoms with E-state index in [2.05, 4.69) is 41.0 Å². The van der Waals surface area contributed by atoms with Gasteiger partial charge in [0.1, 0.15) is 11.9 Å². The Bertz CT molecular complexity index is 3260. The zero-order valence-corrected chi connectivity index (χ0v) is 40.7. The van der Waals surface area contributed by atoms with E-state index in [0.717, 1.165) is 16.8 Å². The highest BCUT2D eigenvalue weighted by Crippen LogP contribution is 2.42. The van der Waals surface area contributed by atoms with Crippen LogP contribution in [0.2, 0.25) is 0 Å². The van der Waals surface area contributed by atoms with Crippen LogP contribution in [0.5, 0.6) is 11.6 Å². The summed E-state index contributed by atoms with van der Waals surface area (Å²) in [5.41, 5.74) is -27.3. The van der Waals surface area contributed by atoms with E-state index in [0.29, 0.717) is 17.9 Å². The van der Waals surface area contributed by atoms with Crippen molar-refractivity contribution in [1.82, 2.24) is 0 Å². The molecule has 436 valence electrons. The smallest absolute Gasteiger partial charge is 0.405 e. The summed E-state index contributed by atoms with van der Waals surface area (Å²) in [5, 5.41) is 10.1. The van der Waals surface area contributed by atoms with Crippen molar-refractivity contribution in [2.24, 2.45) is 0 Å². The number of pyridine rings is 1. The second-order valence-electron chi connectivity index (χ2n) is 18.3. The van der Waals surface area contributed by atoms with Crippen LogP contribution in [0, 0.1) is 11.3 Å². The van der Waals surface area contributed by atoms with Gasteiger partial charge in [0.2, 0.25) is 5.52 Å². The average Bonchev–Trinajstić information content (AvgIpc) is 3.58. The minimum atomic E-state index is -6.13. The number of halogens is 24. The van der Waals surface area contributed by atoms with E-state index >= 15 is 0 Å². The van der Waals surface area contributed by atoms with Crippen molar-refractivity contribution in [3.63, 3.8) is 0 Å². The maximum absolute atomic E-state index is 14.2. The molecule has 0 saturated heterocycles. The molecule has 83 heavy (non-hydrogen) atoms. The van der Waals surface area contributed by atoms with Crippen molar-refractivity contribution in [3.05, 3.63) is 219 Å². The predicted octanol–water partition coefficient (Wildman–Crippen LogP) is 16.1. The molecule has 0 radical (unpaired) electrons. The molecule has 1 heterocycles. The molecule has 0 aliphatic heterocycles. The Morgan fingerprint density at radius 1 is 0.349 bits per heavy atom. The van der Waals surface area contributed by atoms with E-state index in [-0.39, 0.29) is 0 Å². The first-order valence-electron chi connectivity index (χ1n) is 23.1. The van der Waals surface area contributed by atoms with Crippen LogP contribution in [0.25, 0.3) is 10.9 Å². The van der Waals surface area contributed by atoms with Gasteiger partial charge in [0.25, 0.3) is 0 Å². The van der Waals surface area contributed by atoms with E-state index in [9.17, 15) is 105 Å². The Morgan fingerprint density at radius 2 is 0.651 bits per heavy atom. The van der Waals surface area contributed by atoms with Crippen molar-refractivity contribution in [3.8, 4) is 17.7 Å². The summed E-state index contributed by atoms with van der Waals surface area (Å²) in [6.07, 6.45) is -54.8. The van der Waals surface area contributed by atoms with Crippen LogP contribution in [0.3, 0.4) is 0 Å². The van der Waals surface area contributed by atoms with E-state index in [4.69, 9.17) is 10.00 Å². The van der Waals surface area contributed by atoms with Gasteiger partial charge in [-0.25, -0.2) is 0 Å². The van der Waals surface area contributed by atoms with Gasteiger partial charge in [-0.15, -0.1) is 0 Å². The third-order valence-electron chi connectivity index (χ3n) is 12.7. The molecule has 1 aromatic heterocycles. The van der Waals surface area contributed by atoms with E-state index in [1.165, 1.54) is 5.56 Å². The quantitative estimate of drug-likeness (QED) is 0.0864. The topological polar surface area (TPSA) is 36.9 Å². The van der Waals surface area contributed by atoms with Gasteiger partial charge >= 0.3 is 55.3 Å². The highest BCUT2D eigenvalue weighted by atomic mass is 19.4. The van der Waals surface area contributed by atoms with Crippen molar-refractivity contribution < 1.29 is 115 Å². The lowest BCUT2D eigenvalue weighted by Crippen LogP contribution is -2.75. The van der Waals surface area contributed by atoms with Gasteiger partial charge in [-0.1, -0.05) is 91.0 Å². The largest absolute Gasteiger partial charge is 0.416 e. The number of ether oxygens (including phenoxy) is 1. The van der Waals surface area contributed by atoms with Gasteiger partial charge in [-0.3, -0.25) is 0 Å². The van der Waals surface area contributed by atoms with Gasteiger partial charge in [0.15, 0.2) is 6.54 Å². The second kappa shape index (κ2) is 22.1. The van der Waals surface area contributed by atoms with Gasteiger partial charge in [-0.2, -0.15) is 137 Å². The number of fused-ring (bicyclic) bond motifs is 1. The molecule has 0 saturated carbocycles. The van der Waals surface area contributed by atoms with Crippen LogP contribution in [0.4, 0.5) is 105 Å². The van der Waals surface area contributed by atoms with Crippen LogP contribution in [-0.2, 0) is 56.0 Å². The van der Waals surface area contributed by atoms with Crippen LogP contribution in [0.1, 0.15) is 55.6 Å². The highest BCUT2D eigenvalue weighted by Gasteiger charge is 2.47. The average molecular weight is 1200 g/mol. The minimum Gasteiger partial charge on any atom is -0.405 e. The lowest BCUT2D eigenvalue weighted by Gasteiger charge is -2.46. The zero-order chi connectivity index (χ0) is 61.7. The Kier molecular flexibility index (Phi) is 16.6. The van der Waals surface area contributed by atoms with Crippen molar-refractivity contribution in [1.29, 1.82) is 5.26 Å². The number of para-hydroxylation sites is 1. The number of nitriles is 1. The number of benzene rings is 7. The SMILES string of the molecule is FC(F)(F)c1cc([B-](c2cc(C(F)(F)F)cc(C(F)(F)F)c2)(c2cc(C(F)(F)F)cc(C(F)(F)F)c2)c2cc(C(F)(F)F)cc(C(F)(F)F)c2)cc(C(F)(F)F)c1.N#Cc1ccc(Oc2ccc3ccccc3[n+]2Cc2ccccc2)cc1. The molecule has 8 rings (SSSR count). The van der Waals surface area contributed by atoms with Crippen LogP contribution < -0.4 is 31.2 Å². The molecule has 0 atom stereocenters. The summed E-state index contributed by atoms with van der Waals surface area (Å²) in [5.74, 6) is 1.47. The maximum atomic E-state index is 14.2. The van der Waals surface area contributed by atoms with Crippen LogP contribution in [0.15, 0.2) is 164 Å². The molecular weight excluding hydrogens is 1170 g/mol. The van der Waals surface area contributed by atoms with E-state index < -0.39 is 195 Å². The zero-order valence-electron chi connectivity index (χ0n) is 40.7. The molecule has 0 spiro atoms. The molecule has 8 aromatic rings. The summed E-state index contributed by atoms with van der Waals surface area (Å²) in [4.78, 5) is 0. The third kappa shape index (κ3) is 14.1. The standard InChI is InChI=1S/C32H12BF24.C23H17N2O/c34-25(35,36)13-1-14(26(37,38)39)6-21(5-13)33(22-7-15(27(40,41)42)2-16(8-22)28(43,44)45,23-9-17(29(46,47)48)3-18(10-23)30(49,50)51)24-11-19(31(52,53)54)4-20(12-24)32(55,56)57;24-16-18-10-13-21(14-11-18)26-23-15-12-20-8-4-5-9-22(20)25(23)17-19-6-2-1-3-7-19/h1-12H;1-15H,17H2/q-1;+1. The summed E-state index contributed by atoms with van der Waals surface area (Å²) >= 11 is 0. The first-order chi connectivity index (χ1) is 38.1. The fourth-order valence-electron chi connectivity index (χ4n) is 9.05. The minimum absolute atomic E-state index is 0.619. The monoisotopic (exact) mass is 1200 g/mol.